The van der Waals surface area contributed by atoms with E-state index in [-0.39, 0.29) is 29.1 Å². The standard InChI is InChI=1S/C21H20ClF3N2O4S/c22-15-6-3-13(4-7-15)11-27-17-10-14(18(28)2-1-9-21(23,24)25)5-8-19(17)32(30,31)12-16(26)20(27)29/h3-8,10,16H,1-2,9,11-12,26H2/t16-/m0/s1. The number of hydrogen-bond donors (Lipinski definition) is 1. The Bertz CT molecular complexity index is 1130. The van der Waals surface area contributed by atoms with Crippen LogP contribution in [-0.2, 0) is 21.2 Å². The fourth-order valence-corrected chi connectivity index (χ4v) is 5.09. The molecule has 1 heterocycles. The largest absolute Gasteiger partial charge is 0.389 e. The van der Waals surface area contributed by atoms with E-state index in [2.05, 4.69) is 0 Å². The van der Waals surface area contributed by atoms with Crippen LogP contribution >= 0.6 is 11.6 Å². The Balaban J connectivity index is 1.99. The van der Waals surface area contributed by atoms with Crippen molar-refractivity contribution in [1.82, 2.24) is 0 Å². The molecule has 172 valence electrons. The number of sulfone groups is 1. The maximum atomic E-state index is 12.9. The van der Waals surface area contributed by atoms with Crippen molar-refractivity contribution in [3.05, 3.63) is 58.6 Å². The lowest BCUT2D eigenvalue weighted by molar-refractivity contribution is -0.135. The zero-order valence-corrected chi connectivity index (χ0v) is 18.3. The first kappa shape index (κ1) is 24.2. The highest BCUT2D eigenvalue weighted by molar-refractivity contribution is 7.91. The fraction of sp³-hybridized carbons (Fsp3) is 0.333. The number of hydrogen-bond acceptors (Lipinski definition) is 5. The summed E-state index contributed by atoms with van der Waals surface area (Å²) >= 11 is 5.89. The smallest absolute Gasteiger partial charge is 0.319 e. The van der Waals surface area contributed by atoms with E-state index in [0.29, 0.717) is 10.6 Å². The molecule has 0 radical (unpaired) electrons. The monoisotopic (exact) mass is 488 g/mol. The zero-order chi connectivity index (χ0) is 23.7. The number of fused-ring (bicyclic) bond motifs is 1. The number of nitrogens with two attached hydrogens (primary N) is 1. The van der Waals surface area contributed by atoms with Gasteiger partial charge >= 0.3 is 6.18 Å². The number of amides is 1. The van der Waals surface area contributed by atoms with Gasteiger partial charge in [-0.2, -0.15) is 13.2 Å². The molecule has 6 nitrogen and oxygen atoms in total. The second-order valence-electron chi connectivity index (χ2n) is 7.51. The molecule has 2 aromatic rings. The van der Waals surface area contributed by atoms with Gasteiger partial charge in [-0.1, -0.05) is 23.7 Å². The molecular formula is C21H20ClF3N2O4S. The first-order valence-corrected chi connectivity index (χ1v) is 11.7. The summed E-state index contributed by atoms with van der Waals surface area (Å²) in [6, 6.07) is 8.89. The SMILES string of the molecule is N[C@H]1CS(=O)(=O)c2ccc(C(=O)CCCC(F)(F)F)cc2N(Cc2ccc(Cl)cc2)C1=O. The normalized spacial score (nSPS) is 18.2. The molecule has 1 amide bonds. The molecule has 1 aliphatic heterocycles. The molecule has 2 aromatic carbocycles. The minimum Gasteiger partial charge on any atom is -0.319 e. The van der Waals surface area contributed by atoms with Crippen molar-refractivity contribution in [1.29, 1.82) is 0 Å². The van der Waals surface area contributed by atoms with Crippen molar-refractivity contribution in [3.8, 4) is 0 Å². The molecule has 0 fully saturated rings. The number of nitrogens with zero attached hydrogens (tertiary/aromatic N) is 1. The van der Waals surface area contributed by atoms with E-state index >= 15 is 0 Å². The molecule has 0 saturated heterocycles. The molecule has 0 aliphatic carbocycles. The Morgan fingerprint density at radius 2 is 1.81 bits per heavy atom. The molecule has 0 saturated carbocycles. The first-order chi connectivity index (χ1) is 14.9. The van der Waals surface area contributed by atoms with Crippen LogP contribution in [0.2, 0.25) is 5.02 Å². The predicted octanol–water partition coefficient (Wildman–Crippen LogP) is 3.90. The van der Waals surface area contributed by atoms with E-state index in [1.165, 1.54) is 23.1 Å². The van der Waals surface area contributed by atoms with Crippen LogP contribution < -0.4 is 10.6 Å². The third-order valence-corrected chi connectivity index (χ3v) is 7.07. The highest BCUT2D eigenvalue weighted by Crippen LogP contribution is 2.33. The zero-order valence-electron chi connectivity index (χ0n) is 16.7. The Hall–Kier alpha value is -2.43. The minimum absolute atomic E-state index is 0.0190. The van der Waals surface area contributed by atoms with Gasteiger partial charge < -0.3 is 10.6 Å². The average molecular weight is 489 g/mol. The van der Waals surface area contributed by atoms with Crippen LogP contribution in [-0.4, -0.2) is 38.1 Å². The van der Waals surface area contributed by atoms with Crippen LogP contribution in [0.15, 0.2) is 47.4 Å². The van der Waals surface area contributed by atoms with Crippen LogP contribution in [0.4, 0.5) is 18.9 Å². The topological polar surface area (TPSA) is 97.5 Å². The lowest BCUT2D eigenvalue weighted by atomic mass is 10.0. The van der Waals surface area contributed by atoms with Crippen LogP contribution in [0.1, 0.15) is 35.2 Å². The number of carbonyl (C=O) groups is 2. The van der Waals surface area contributed by atoms with E-state index < -0.39 is 52.3 Å². The molecule has 1 aliphatic rings. The number of anilines is 1. The Labute approximate surface area is 188 Å². The lowest BCUT2D eigenvalue weighted by Crippen LogP contribution is -2.45. The van der Waals surface area contributed by atoms with E-state index in [0.717, 1.165) is 0 Å². The van der Waals surface area contributed by atoms with Gasteiger partial charge in [0.15, 0.2) is 15.6 Å². The second-order valence-corrected chi connectivity index (χ2v) is 9.95. The number of alkyl halides is 3. The van der Waals surface area contributed by atoms with Crippen LogP contribution in [0.5, 0.6) is 0 Å². The van der Waals surface area contributed by atoms with Gasteiger partial charge in [-0.05, 0) is 42.3 Å². The third kappa shape index (κ3) is 5.67. The highest BCUT2D eigenvalue weighted by Gasteiger charge is 2.36. The van der Waals surface area contributed by atoms with Crippen LogP contribution in [0.25, 0.3) is 0 Å². The fourth-order valence-electron chi connectivity index (χ4n) is 3.41. The van der Waals surface area contributed by atoms with Crippen molar-refractivity contribution in [2.45, 2.75) is 42.9 Å². The summed E-state index contributed by atoms with van der Waals surface area (Å²) in [5.74, 6) is -1.83. The van der Waals surface area contributed by atoms with Gasteiger partial charge in [-0.3, -0.25) is 9.59 Å². The number of Topliss-reactive ketones (excluding diaryl/α,β-unsaturated/α-hetero) is 1. The number of carbonyl (C=O) groups excluding carboxylic acids is 2. The number of ketones is 1. The van der Waals surface area contributed by atoms with Crippen LogP contribution in [0.3, 0.4) is 0 Å². The molecule has 0 aromatic heterocycles. The quantitative estimate of drug-likeness (QED) is 0.622. The van der Waals surface area contributed by atoms with E-state index in [1.807, 2.05) is 0 Å². The van der Waals surface area contributed by atoms with Crippen molar-refractivity contribution in [2.75, 3.05) is 10.7 Å². The molecule has 0 spiro atoms. The lowest BCUT2D eigenvalue weighted by Gasteiger charge is -2.24. The van der Waals surface area contributed by atoms with Gasteiger partial charge in [0, 0.05) is 23.4 Å². The van der Waals surface area contributed by atoms with Crippen molar-refractivity contribution >= 4 is 38.8 Å². The summed E-state index contributed by atoms with van der Waals surface area (Å²) in [5.41, 5.74) is 6.47. The van der Waals surface area contributed by atoms with Gasteiger partial charge in [0.25, 0.3) is 0 Å². The third-order valence-electron chi connectivity index (χ3n) is 5.01. The maximum absolute atomic E-state index is 12.9. The van der Waals surface area contributed by atoms with Crippen molar-refractivity contribution < 1.29 is 31.2 Å². The van der Waals surface area contributed by atoms with Gasteiger partial charge in [0.2, 0.25) is 5.91 Å². The maximum Gasteiger partial charge on any atom is 0.389 e. The highest BCUT2D eigenvalue weighted by atomic mass is 35.5. The number of halogens is 4. The molecule has 0 bridgehead atoms. The Kier molecular flexibility index (Phi) is 6.97. The average Bonchev–Trinajstić information content (AvgIpc) is 2.77. The number of rotatable bonds is 6. The Morgan fingerprint density at radius 3 is 2.44 bits per heavy atom. The summed E-state index contributed by atoms with van der Waals surface area (Å²) in [5, 5.41) is 0.474. The Morgan fingerprint density at radius 1 is 1.16 bits per heavy atom. The molecular weight excluding hydrogens is 469 g/mol. The summed E-state index contributed by atoms with van der Waals surface area (Å²) < 4.78 is 62.7. The summed E-state index contributed by atoms with van der Waals surface area (Å²) in [6.07, 6.45) is -6.24. The minimum atomic E-state index is -4.37. The van der Waals surface area contributed by atoms with Crippen molar-refractivity contribution in [3.63, 3.8) is 0 Å². The van der Waals surface area contributed by atoms with Gasteiger partial charge in [0.05, 0.1) is 28.9 Å². The van der Waals surface area contributed by atoms with Gasteiger partial charge in [-0.25, -0.2) is 8.42 Å². The van der Waals surface area contributed by atoms with E-state index in [1.54, 1.807) is 24.3 Å². The summed E-state index contributed by atoms with van der Waals surface area (Å²) in [7, 11) is -3.94. The first-order valence-electron chi connectivity index (χ1n) is 9.65. The molecule has 32 heavy (non-hydrogen) atoms. The summed E-state index contributed by atoms with van der Waals surface area (Å²) in [6.45, 7) is -0.0298. The number of benzene rings is 2. The van der Waals surface area contributed by atoms with E-state index in [9.17, 15) is 31.2 Å². The molecule has 2 N–H and O–H groups in total. The molecule has 11 heteroatoms. The van der Waals surface area contributed by atoms with E-state index in [4.69, 9.17) is 17.3 Å². The van der Waals surface area contributed by atoms with Gasteiger partial charge in [0.1, 0.15) is 0 Å². The predicted molar refractivity (Wildman–Crippen MR) is 113 cm³/mol. The molecule has 1 atom stereocenters. The van der Waals surface area contributed by atoms with Crippen LogP contribution in [0, 0.1) is 0 Å². The molecule has 3 rings (SSSR count). The van der Waals surface area contributed by atoms with Gasteiger partial charge in [-0.15, -0.1) is 0 Å². The summed E-state index contributed by atoms with van der Waals surface area (Å²) in [4.78, 5) is 26.4. The molecule has 0 unspecified atom stereocenters. The second kappa shape index (κ2) is 9.21. The van der Waals surface area contributed by atoms with Crippen molar-refractivity contribution in [2.24, 2.45) is 5.73 Å².